The molecule has 1 aliphatic carbocycles. The Morgan fingerprint density at radius 1 is 0.950 bits per heavy atom. The van der Waals surface area contributed by atoms with Crippen LogP contribution in [0.15, 0.2) is 48.5 Å². The van der Waals surface area contributed by atoms with Gasteiger partial charge in [-0.05, 0) is 74.6 Å². The molecule has 1 atom stereocenters. The monoisotopic (exact) mass is 549 g/mol. The highest BCUT2D eigenvalue weighted by atomic mass is 16.5. The third kappa shape index (κ3) is 5.86. The summed E-state index contributed by atoms with van der Waals surface area (Å²) in [4.78, 5) is 42.1. The number of hydrogen-bond acceptors (Lipinski definition) is 6. The first kappa shape index (κ1) is 28.1. The molecule has 2 aromatic rings. The fourth-order valence-electron chi connectivity index (χ4n) is 6.57. The molecule has 5 rings (SSSR count). The highest BCUT2D eigenvalue weighted by Crippen LogP contribution is 2.37. The molecule has 2 heterocycles. The lowest BCUT2D eigenvalue weighted by Crippen LogP contribution is -2.73. The number of aromatic carboxylic acids is 1. The van der Waals surface area contributed by atoms with Gasteiger partial charge in [-0.1, -0.05) is 31.4 Å². The van der Waals surface area contributed by atoms with E-state index in [0.29, 0.717) is 63.2 Å². The van der Waals surface area contributed by atoms with E-state index in [-0.39, 0.29) is 17.4 Å². The van der Waals surface area contributed by atoms with Gasteiger partial charge in [0, 0.05) is 32.6 Å². The minimum absolute atomic E-state index is 0.0669. The number of nitrogens with zero attached hydrogens (tertiary/aromatic N) is 2. The summed E-state index contributed by atoms with van der Waals surface area (Å²) in [6.07, 6.45) is 5.84. The number of aliphatic hydroxyl groups is 1. The van der Waals surface area contributed by atoms with Crippen molar-refractivity contribution in [3.8, 4) is 11.5 Å². The second-order valence-electron chi connectivity index (χ2n) is 11.5. The van der Waals surface area contributed by atoms with Crippen LogP contribution in [0.3, 0.4) is 0 Å². The Bertz CT molecular complexity index is 1210. The van der Waals surface area contributed by atoms with Gasteiger partial charge in [0.1, 0.15) is 23.1 Å². The van der Waals surface area contributed by atoms with Gasteiger partial charge in [0.05, 0.1) is 11.2 Å². The summed E-state index contributed by atoms with van der Waals surface area (Å²) in [6.45, 7) is 4.52. The van der Waals surface area contributed by atoms with E-state index in [1.807, 2.05) is 31.2 Å². The number of carboxylic acids is 1. The molecule has 9 nitrogen and oxygen atoms in total. The molecule has 2 amide bonds. The van der Waals surface area contributed by atoms with Gasteiger partial charge in [-0.3, -0.25) is 14.5 Å². The molecule has 2 aliphatic heterocycles. The fourth-order valence-corrected chi connectivity index (χ4v) is 6.57. The maximum atomic E-state index is 13.5. The number of likely N-dealkylation sites (N-methyl/N-ethyl adjacent to an activating group) is 1. The van der Waals surface area contributed by atoms with Gasteiger partial charge in [-0.2, -0.15) is 0 Å². The number of carbonyl (C=O) groups excluding carboxylic acids is 2. The van der Waals surface area contributed by atoms with E-state index >= 15 is 0 Å². The number of likely N-dealkylation sites (tertiary alicyclic amines) is 1. The summed E-state index contributed by atoms with van der Waals surface area (Å²) >= 11 is 0. The summed E-state index contributed by atoms with van der Waals surface area (Å²) in [5.74, 6) is 0.0950. The van der Waals surface area contributed by atoms with Crippen molar-refractivity contribution in [2.75, 3.05) is 19.6 Å². The van der Waals surface area contributed by atoms with Crippen molar-refractivity contribution in [3.05, 3.63) is 59.7 Å². The van der Waals surface area contributed by atoms with Gasteiger partial charge in [0.25, 0.3) is 0 Å². The molecule has 3 aliphatic rings. The molecule has 1 saturated carbocycles. The second-order valence-corrected chi connectivity index (χ2v) is 11.5. The van der Waals surface area contributed by atoms with Gasteiger partial charge in [0.2, 0.25) is 11.8 Å². The third-order valence-electron chi connectivity index (χ3n) is 8.84. The molecule has 2 saturated heterocycles. The van der Waals surface area contributed by atoms with Gasteiger partial charge >= 0.3 is 5.97 Å². The van der Waals surface area contributed by atoms with Crippen LogP contribution < -0.4 is 10.1 Å². The zero-order chi connectivity index (χ0) is 28.3. The van der Waals surface area contributed by atoms with Gasteiger partial charge < -0.3 is 25.2 Å². The normalized spacial score (nSPS) is 22.6. The fraction of sp³-hybridized carbons (Fsp3) is 0.516. The van der Waals surface area contributed by atoms with Crippen molar-refractivity contribution in [1.29, 1.82) is 0 Å². The maximum absolute atomic E-state index is 13.5. The molecule has 2 aromatic carbocycles. The largest absolute Gasteiger partial charge is 0.478 e. The minimum Gasteiger partial charge on any atom is -0.478 e. The van der Waals surface area contributed by atoms with Crippen LogP contribution in [0.1, 0.15) is 74.2 Å². The van der Waals surface area contributed by atoms with E-state index in [9.17, 15) is 19.5 Å². The van der Waals surface area contributed by atoms with E-state index < -0.39 is 23.2 Å². The zero-order valence-electron chi connectivity index (χ0n) is 23.1. The quantitative estimate of drug-likeness (QED) is 0.456. The standard InChI is InChI=1S/C31H39N3O6/c1-2-34-27(35)26(20-30(39)14-4-3-5-15-30)32-29(38)31(34)16-18-33(19-17-31)21-22-6-10-24(11-7-22)40-25-12-8-23(9-13-25)28(36)37/h6-13,26,39H,2-5,14-21H2,1H3,(H,32,38)(H,36,37)/t26-/m1/s1. The number of piperazine rings is 1. The van der Waals surface area contributed by atoms with Gasteiger partial charge in [-0.25, -0.2) is 4.79 Å². The van der Waals surface area contributed by atoms with Crippen LogP contribution in [0.5, 0.6) is 11.5 Å². The number of rotatable bonds is 8. The Morgan fingerprint density at radius 2 is 1.55 bits per heavy atom. The van der Waals surface area contributed by atoms with Crippen LogP contribution in [0, 0.1) is 0 Å². The zero-order valence-corrected chi connectivity index (χ0v) is 23.1. The Hall–Kier alpha value is -3.43. The Kier molecular flexibility index (Phi) is 8.14. The number of ether oxygens (including phenoxy) is 1. The van der Waals surface area contributed by atoms with E-state index in [2.05, 4.69) is 10.2 Å². The summed E-state index contributed by atoms with van der Waals surface area (Å²) in [5.41, 5.74) is -0.380. The molecular formula is C31H39N3O6. The number of amides is 2. The molecule has 9 heteroatoms. The van der Waals surface area contributed by atoms with Crippen molar-refractivity contribution in [2.45, 2.75) is 82.0 Å². The number of carbonyl (C=O) groups is 3. The molecule has 40 heavy (non-hydrogen) atoms. The van der Waals surface area contributed by atoms with Crippen molar-refractivity contribution >= 4 is 17.8 Å². The predicted octanol–water partition coefficient (Wildman–Crippen LogP) is 3.94. The van der Waals surface area contributed by atoms with Crippen LogP contribution in [0.25, 0.3) is 0 Å². The first-order valence-corrected chi connectivity index (χ1v) is 14.4. The predicted molar refractivity (Wildman–Crippen MR) is 149 cm³/mol. The Morgan fingerprint density at radius 3 is 2.12 bits per heavy atom. The first-order valence-electron chi connectivity index (χ1n) is 14.4. The lowest BCUT2D eigenvalue weighted by atomic mass is 9.77. The van der Waals surface area contributed by atoms with E-state index in [0.717, 1.165) is 31.4 Å². The molecule has 0 radical (unpaired) electrons. The van der Waals surface area contributed by atoms with Crippen LogP contribution in [-0.2, 0) is 16.1 Å². The average molecular weight is 550 g/mol. The SMILES string of the molecule is CCN1C(=O)[C@@H](CC2(O)CCCCC2)NC(=O)C12CCN(Cc1ccc(Oc3ccc(C(=O)O)cc3)cc1)CC2. The molecule has 1 spiro atoms. The van der Waals surface area contributed by atoms with Crippen molar-refractivity contribution in [2.24, 2.45) is 0 Å². The highest BCUT2D eigenvalue weighted by Gasteiger charge is 2.54. The molecule has 0 unspecified atom stereocenters. The van der Waals surface area contributed by atoms with E-state index in [4.69, 9.17) is 9.84 Å². The molecule has 0 bridgehead atoms. The second kappa shape index (κ2) is 11.6. The minimum atomic E-state index is -0.976. The van der Waals surface area contributed by atoms with Crippen molar-refractivity contribution < 1.29 is 29.3 Å². The number of benzene rings is 2. The van der Waals surface area contributed by atoms with Crippen molar-refractivity contribution in [3.63, 3.8) is 0 Å². The molecular weight excluding hydrogens is 510 g/mol. The number of hydrogen-bond donors (Lipinski definition) is 3. The van der Waals surface area contributed by atoms with E-state index in [1.54, 1.807) is 17.0 Å². The Labute approximate surface area is 235 Å². The topological polar surface area (TPSA) is 119 Å². The van der Waals surface area contributed by atoms with Crippen LogP contribution in [0.4, 0.5) is 0 Å². The third-order valence-corrected chi connectivity index (χ3v) is 8.84. The van der Waals surface area contributed by atoms with E-state index in [1.165, 1.54) is 12.1 Å². The summed E-state index contributed by atoms with van der Waals surface area (Å²) < 4.78 is 5.84. The van der Waals surface area contributed by atoms with Crippen molar-refractivity contribution in [1.82, 2.24) is 15.1 Å². The first-order chi connectivity index (χ1) is 19.2. The highest BCUT2D eigenvalue weighted by molar-refractivity contribution is 6.00. The van der Waals surface area contributed by atoms with Crippen LogP contribution in [0.2, 0.25) is 0 Å². The molecule has 0 aromatic heterocycles. The number of nitrogens with one attached hydrogen (secondary N) is 1. The number of piperidine rings is 1. The molecule has 3 N–H and O–H groups in total. The van der Waals surface area contributed by atoms with Crippen LogP contribution >= 0.6 is 0 Å². The summed E-state index contributed by atoms with van der Waals surface area (Å²) in [7, 11) is 0. The smallest absolute Gasteiger partial charge is 0.335 e. The average Bonchev–Trinajstić information content (AvgIpc) is 2.95. The molecule has 3 fully saturated rings. The number of carboxylic acid groups (broad SMARTS) is 1. The Balaban J connectivity index is 1.17. The maximum Gasteiger partial charge on any atom is 0.335 e. The summed E-state index contributed by atoms with van der Waals surface area (Å²) in [5, 5.41) is 23.1. The van der Waals surface area contributed by atoms with Crippen LogP contribution in [-0.4, -0.2) is 74.6 Å². The van der Waals surface area contributed by atoms with Gasteiger partial charge in [-0.15, -0.1) is 0 Å². The lowest BCUT2D eigenvalue weighted by Gasteiger charge is -2.52. The lowest BCUT2D eigenvalue weighted by molar-refractivity contribution is -0.163. The van der Waals surface area contributed by atoms with Gasteiger partial charge in [0.15, 0.2) is 0 Å². The molecule has 214 valence electrons. The summed E-state index contributed by atoms with van der Waals surface area (Å²) in [6, 6.07) is 13.4.